The minimum atomic E-state index is -0.498. The zero-order chi connectivity index (χ0) is 14.3. The Morgan fingerprint density at radius 1 is 1.26 bits per heavy atom. The minimum absolute atomic E-state index is 0.293. The summed E-state index contributed by atoms with van der Waals surface area (Å²) in [6.07, 6.45) is -0.498. The third kappa shape index (κ3) is 2.49. The third-order valence-electron chi connectivity index (χ3n) is 5.01. The molecule has 0 bridgehead atoms. The Kier molecular flexibility index (Phi) is 3.63. The molecule has 0 heterocycles. The van der Waals surface area contributed by atoms with Gasteiger partial charge in [-0.2, -0.15) is 0 Å². The van der Waals surface area contributed by atoms with Crippen molar-refractivity contribution in [3.8, 4) is 5.75 Å². The molecule has 0 saturated heterocycles. The first-order chi connectivity index (χ1) is 8.80. The van der Waals surface area contributed by atoms with E-state index in [1.807, 2.05) is 24.3 Å². The lowest BCUT2D eigenvalue weighted by Crippen LogP contribution is -2.27. The first kappa shape index (κ1) is 14.4. The minimum Gasteiger partial charge on any atom is -0.497 e. The van der Waals surface area contributed by atoms with E-state index in [1.165, 1.54) is 0 Å². The molecule has 0 radical (unpaired) electrons. The molecule has 1 aromatic rings. The summed E-state index contributed by atoms with van der Waals surface area (Å²) in [7, 11) is 1.64. The van der Waals surface area contributed by atoms with Crippen molar-refractivity contribution in [1.29, 1.82) is 0 Å². The molecule has 0 amide bonds. The fourth-order valence-corrected chi connectivity index (χ4v) is 2.90. The third-order valence-corrected chi connectivity index (χ3v) is 5.01. The van der Waals surface area contributed by atoms with Crippen LogP contribution >= 0.6 is 0 Å². The number of nitrogens with one attached hydrogen (secondary N) is 1. The molecule has 2 rings (SSSR count). The number of aliphatic hydroxyl groups excluding tert-OH is 1. The molecular weight excluding hydrogens is 238 g/mol. The molecule has 0 aromatic heterocycles. The van der Waals surface area contributed by atoms with Crippen LogP contribution in [0.15, 0.2) is 24.3 Å². The van der Waals surface area contributed by atoms with Crippen LogP contribution in [0, 0.1) is 10.8 Å². The lowest BCUT2D eigenvalue weighted by molar-refractivity contribution is 0.171. The number of hydrogen-bond acceptors (Lipinski definition) is 3. The van der Waals surface area contributed by atoms with Crippen molar-refractivity contribution in [3.63, 3.8) is 0 Å². The van der Waals surface area contributed by atoms with E-state index >= 15 is 0 Å². The maximum absolute atomic E-state index is 10.2. The van der Waals surface area contributed by atoms with E-state index in [1.54, 1.807) is 7.11 Å². The van der Waals surface area contributed by atoms with Gasteiger partial charge in [0.15, 0.2) is 0 Å². The molecule has 106 valence electrons. The highest BCUT2D eigenvalue weighted by atomic mass is 16.5. The van der Waals surface area contributed by atoms with Crippen LogP contribution in [0.2, 0.25) is 0 Å². The molecule has 1 aromatic carbocycles. The number of ether oxygens (including phenoxy) is 1. The maximum atomic E-state index is 10.2. The smallest absolute Gasteiger partial charge is 0.119 e. The maximum Gasteiger partial charge on any atom is 0.119 e. The van der Waals surface area contributed by atoms with Gasteiger partial charge in [-0.3, -0.25) is 0 Å². The monoisotopic (exact) mass is 263 g/mol. The van der Waals surface area contributed by atoms with E-state index < -0.39 is 6.10 Å². The zero-order valence-electron chi connectivity index (χ0n) is 12.5. The SMILES string of the molecule is COc1cccc(C(O)CNC2C(C)(C)C2(C)C)c1. The van der Waals surface area contributed by atoms with Crippen LogP contribution in [0.5, 0.6) is 5.75 Å². The highest BCUT2D eigenvalue weighted by Gasteiger charge is 2.64. The summed E-state index contributed by atoms with van der Waals surface area (Å²) >= 11 is 0. The lowest BCUT2D eigenvalue weighted by atomic mass is 10.0. The highest BCUT2D eigenvalue weighted by molar-refractivity contribution is 5.30. The Morgan fingerprint density at radius 2 is 1.89 bits per heavy atom. The topological polar surface area (TPSA) is 41.5 Å². The largest absolute Gasteiger partial charge is 0.497 e. The molecule has 2 N–H and O–H groups in total. The summed E-state index contributed by atoms with van der Waals surface area (Å²) in [5.41, 5.74) is 1.48. The predicted octanol–water partition coefficient (Wildman–Crippen LogP) is 2.75. The van der Waals surface area contributed by atoms with Crippen LogP contribution in [0.1, 0.15) is 39.4 Å². The second-order valence-corrected chi connectivity index (χ2v) is 6.58. The number of methoxy groups -OCH3 is 1. The Hall–Kier alpha value is -1.06. The van der Waals surface area contributed by atoms with Crippen LogP contribution in [0.4, 0.5) is 0 Å². The molecule has 1 atom stereocenters. The second kappa shape index (κ2) is 4.80. The second-order valence-electron chi connectivity index (χ2n) is 6.58. The molecule has 1 unspecified atom stereocenters. The average molecular weight is 263 g/mol. The molecule has 0 spiro atoms. The van der Waals surface area contributed by atoms with Gasteiger partial charge in [-0.25, -0.2) is 0 Å². The quantitative estimate of drug-likeness (QED) is 0.858. The van der Waals surface area contributed by atoms with E-state index in [4.69, 9.17) is 4.74 Å². The standard InChI is InChI=1S/C16H25NO2/c1-15(2)14(16(15,3)4)17-10-13(18)11-7-6-8-12(9-11)19-5/h6-9,13-14,17-18H,10H2,1-5H3. The Bertz CT molecular complexity index is 440. The molecule has 19 heavy (non-hydrogen) atoms. The molecule has 1 aliphatic rings. The van der Waals surface area contributed by atoms with Gasteiger partial charge in [0.2, 0.25) is 0 Å². The van der Waals surface area contributed by atoms with E-state index in [2.05, 4.69) is 33.0 Å². The molecule has 0 aliphatic heterocycles. The summed E-state index contributed by atoms with van der Waals surface area (Å²) in [5.74, 6) is 0.781. The number of rotatable bonds is 5. The van der Waals surface area contributed by atoms with Crippen molar-refractivity contribution in [2.75, 3.05) is 13.7 Å². The van der Waals surface area contributed by atoms with Gasteiger partial charge in [-0.1, -0.05) is 39.8 Å². The summed E-state index contributed by atoms with van der Waals surface area (Å²) < 4.78 is 5.18. The van der Waals surface area contributed by atoms with Gasteiger partial charge in [-0.05, 0) is 28.5 Å². The molecule has 3 nitrogen and oxygen atoms in total. The summed E-state index contributed by atoms with van der Waals surface area (Å²) in [6.45, 7) is 9.64. The molecular formula is C16H25NO2. The molecule has 1 saturated carbocycles. The number of hydrogen-bond donors (Lipinski definition) is 2. The van der Waals surface area contributed by atoms with Gasteiger partial charge >= 0.3 is 0 Å². The van der Waals surface area contributed by atoms with E-state index in [9.17, 15) is 5.11 Å². The number of aliphatic hydroxyl groups is 1. The van der Waals surface area contributed by atoms with Gasteiger partial charge < -0.3 is 15.2 Å². The van der Waals surface area contributed by atoms with Gasteiger partial charge in [0, 0.05) is 12.6 Å². The van der Waals surface area contributed by atoms with E-state index in [-0.39, 0.29) is 0 Å². The molecule has 1 fully saturated rings. The van der Waals surface area contributed by atoms with Crippen LogP contribution in [-0.2, 0) is 0 Å². The van der Waals surface area contributed by atoms with Crippen molar-refractivity contribution in [2.24, 2.45) is 10.8 Å². The van der Waals surface area contributed by atoms with Crippen molar-refractivity contribution in [1.82, 2.24) is 5.32 Å². The average Bonchev–Trinajstić information content (AvgIpc) is 2.77. The summed E-state index contributed by atoms with van der Waals surface area (Å²) in [6, 6.07) is 8.06. The Balaban J connectivity index is 1.93. The lowest BCUT2D eigenvalue weighted by Gasteiger charge is -2.14. The van der Waals surface area contributed by atoms with Crippen molar-refractivity contribution in [2.45, 2.75) is 39.8 Å². The Labute approximate surface area is 116 Å². The summed E-state index contributed by atoms with van der Waals surface area (Å²) in [5, 5.41) is 13.7. The normalized spacial score (nSPS) is 22.0. The highest BCUT2D eigenvalue weighted by Crippen LogP contribution is 2.62. The van der Waals surface area contributed by atoms with Crippen LogP contribution < -0.4 is 10.1 Å². The van der Waals surface area contributed by atoms with Gasteiger partial charge in [0.05, 0.1) is 13.2 Å². The van der Waals surface area contributed by atoms with Crippen molar-refractivity contribution >= 4 is 0 Å². The molecule has 3 heteroatoms. The predicted molar refractivity (Wildman–Crippen MR) is 77.3 cm³/mol. The summed E-state index contributed by atoms with van der Waals surface area (Å²) in [4.78, 5) is 0. The van der Waals surface area contributed by atoms with Crippen molar-refractivity contribution < 1.29 is 9.84 Å². The van der Waals surface area contributed by atoms with Crippen LogP contribution in [0.3, 0.4) is 0 Å². The molecule has 1 aliphatic carbocycles. The first-order valence-corrected chi connectivity index (χ1v) is 6.86. The fraction of sp³-hybridized carbons (Fsp3) is 0.625. The van der Waals surface area contributed by atoms with Crippen LogP contribution in [-0.4, -0.2) is 24.8 Å². The fourth-order valence-electron chi connectivity index (χ4n) is 2.90. The Morgan fingerprint density at radius 3 is 2.42 bits per heavy atom. The van der Waals surface area contributed by atoms with Gasteiger partial charge in [0.25, 0.3) is 0 Å². The van der Waals surface area contributed by atoms with Gasteiger partial charge in [-0.15, -0.1) is 0 Å². The van der Waals surface area contributed by atoms with Crippen molar-refractivity contribution in [3.05, 3.63) is 29.8 Å². The van der Waals surface area contributed by atoms with E-state index in [0.29, 0.717) is 23.4 Å². The number of benzene rings is 1. The zero-order valence-corrected chi connectivity index (χ0v) is 12.5. The van der Waals surface area contributed by atoms with E-state index in [0.717, 1.165) is 11.3 Å². The first-order valence-electron chi connectivity index (χ1n) is 6.86. The van der Waals surface area contributed by atoms with Crippen LogP contribution in [0.25, 0.3) is 0 Å². The van der Waals surface area contributed by atoms with Gasteiger partial charge in [0.1, 0.15) is 5.75 Å².